The number of anilines is 3. The lowest BCUT2D eigenvalue weighted by Gasteiger charge is -2.25. The Kier molecular flexibility index (Phi) is 9.49. The summed E-state index contributed by atoms with van der Waals surface area (Å²) in [6.07, 6.45) is 0. The molecule has 2 aromatic heterocycles. The molecule has 0 atom stereocenters. The molecule has 0 aliphatic rings. The third-order valence-electron chi connectivity index (χ3n) is 11.5. The molecule has 0 radical (unpaired) electrons. The third kappa shape index (κ3) is 7.20. The molecule has 4 nitrogen and oxygen atoms in total. The summed E-state index contributed by atoms with van der Waals surface area (Å²) in [5.41, 5.74) is 16.5. The van der Waals surface area contributed by atoms with Gasteiger partial charge in [0.15, 0.2) is 5.82 Å². The lowest BCUT2D eigenvalue weighted by atomic mass is 10.0. The van der Waals surface area contributed by atoms with Gasteiger partial charge in [0.05, 0.1) is 11.4 Å². The van der Waals surface area contributed by atoms with E-state index in [0.29, 0.717) is 5.82 Å². The van der Waals surface area contributed by atoms with E-state index < -0.39 is 0 Å². The Bertz CT molecular complexity index is 3190. The van der Waals surface area contributed by atoms with Crippen molar-refractivity contribution in [3.63, 3.8) is 0 Å². The maximum Gasteiger partial charge on any atom is 0.160 e. The predicted molar refractivity (Wildman–Crippen MR) is 257 cm³/mol. The highest BCUT2D eigenvalue weighted by molar-refractivity contribution is 6.07. The second kappa shape index (κ2) is 16.0. The quantitative estimate of drug-likeness (QED) is 0.146. The predicted octanol–water partition coefficient (Wildman–Crippen LogP) is 15.8. The van der Waals surface area contributed by atoms with E-state index in [2.05, 4.69) is 223 Å². The fraction of sp³-hybridized carbons (Fsp3) is 0. The Morgan fingerprint density at radius 3 is 1.19 bits per heavy atom. The van der Waals surface area contributed by atoms with E-state index in [1.807, 2.05) is 18.2 Å². The molecule has 0 aliphatic heterocycles. The number of para-hydroxylation sites is 1. The van der Waals surface area contributed by atoms with Crippen LogP contribution in [0.5, 0.6) is 0 Å². The number of furan rings is 1. The molecule has 11 rings (SSSR count). The Morgan fingerprint density at radius 1 is 0.274 bits per heavy atom. The van der Waals surface area contributed by atoms with Gasteiger partial charge in [-0.25, -0.2) is 9.97 Å². The van der Waals surface area contributed by atoms with Crippen LogP contribution in [-0.2, 0) is 0 Å². The summed E-state index contributed by atoms with van der Waals surface area (Å²) in [5, 5.41) is 2.07. The van der Waals surface area contributed by atoms with Crippen LogP contribution < -0.4 is 4.90 Å². The number of nitrogens with zero attached hydrogens (tertiary/aromatic N) is 3. The molecule has 0 bridgehead atoms. The fourth-order valence-corrected chi connectivity index (χ4v) is 8.30. The molecule has 0 saturated carbocycles. The van der Waals surface area contributed by atoms with Crippen molar-refractivity contribution in [3.05, 3.63) is 237 Å². The second-order valence-corrected chi connectivity index (χ2v) is 15.4. The second-order valence-electron chi connectivity index (χ2n) is 15.4. The van der Waals surface area contributed by atoms with E-state index in [0.717, 1.165) is 78.2 Å². The van der Waals surface area contributed by atoms with Crippen LogP contribution in [0.25, 0.3) is 89.2 Å². The topological polar surface area (TPSA) is 42.2 Å². The lowest BCUT2D eigenvalue weighted by Crippen LogP contribution is -2.09. The van der Waals surface area contributed by atoms with E-state index >= 15 is 0 Å². The number of fused-ring (bicyclic) bond motifs is 3. The van der Waals surface area contributed by atoms with Crippen LogP contribution in [-0.4, -0.2) is 9.97 Å². The zero-order valence-electron chi connectivity index (χ0n) is 33.8. The molecule has 0 aliphatic carbocycles. The van der Waals surface area contributed by atoms with Gasteiger partial charge in [-0.15, -0.1) is 0 Å². The third-order valence-corrected chi connectivity index (χ3v) is 11.5. The van der Waals surface area contributed by atoms with E-state index in [4.69, 9.17) is 14.4 Å². The maximum absolute atomic E-state index is 6.59. The number of aromatic nitrogens is 2. The molecule has 0 amide bonds. The van der Waals surface area contributed by atoms with Crippen LogP contribution in [0.1, 0.15) is 0 Å². The van der Waals surface area contributed by atoms with Crippen molar-refractivity contribution in [1.82, 2.24) is 9.97 Å². The molecule has 62 heavy (non-hydrogen) atoms. The highest BCUT2D eigenvalue weighted by atomic mass is 16.3. The van der Waals surface area contributed by atoms with Gasteiger partial charge in [0.25, 0.3) is 0 Å². The van der Waals surface area contributed by atoms with E-state index in [1.165, 1.54) is 22.3 Å². The van der Waals surface area contributed by atoms with Crippen LogP contribution in [0, 0.1) is 0 Å². The Balaban J connectivity index is 0.980. The first-order valence-corrected chi connectivity index (χ1v) is 20.9. The monoisotopic (exact) mass is 793 g/mol. The summed E-state index contributed by atoms with van der Waals surface area (Å²) in [6.45, 7) is 0. The minimum atomic E-state index is 0.633. The van der Waals surface area contributed by atoms with Gasteiger partial charge in [-0.1, -0.05) is 176 Å². The molecule has 4 heteroatoms. The van der Waals surface area contributed by atoms with Crippen LogP contribution in [0.15, 0.2) is 241 Å². The normalized spacial score (nSPS) is 11.2. The largest absolute Gasteiger partial charge is 0.456 e. The highest BCUT2D eigenvalue weighted by Crippen LogP contribution is 2.40. The van der Waals surface area contributed by atoms with Gasteiger partial charge < -0.3 is 9.32 Å². The van der Waals surface area contributed by atoms with Gasteiger partial charge in [0.1, 0.15) is 11.2 Å². The first kappa shape index (κ1) is 36.7. The van der Waals surface area contributed by atoms with Gasteiger partial charge in [-0.2, -0.15) is 0 Å². The van der Waals surface area contributed by atoms with Gasteiger partial charge in [-0.3, -0.25) is 0 Å². The average molecular weight is 794 g/mol. The van der Waals surface area contributed by atoms with Crippen LogP contribution in [0.3, 0.4) is 0 Å². The molecule has 0 N–H and O–H groups in total. The van der Waals surface area contributed by atoms with Crippen molar-refractivity contribution in [2.24, 2.45) is 0 Å². The maximum atomic E-state index is 6.59. The van der Waals surface area contributed by atoms with Crippen LogP contribution in [0.2, 0.25) is 0 Å². The molecule has 0 saturated heterocycles. The highest BCUT2D eigenvalue weighted by Gasteiger charge is 2.18. The molecule has 2 heterocycles. The van der Waals surface area contributed by atoms with Crippen molar-refractivity contribution in [1.29, 1.82) is 0 Å². The smallest absolute Gasteiger partial charge is 0.160 e. The van der Waals surface area contributed by atoms with Gasteiger partial charge in [0.2, 0.25) is 0 Å². The summed E-state index contributed by atoms with van der Waals surface area (Å²) >= 11 is 0. The van der Waals surface area contributed by atoms with Crippen molar-refractivity contribution in [2.75, 3.05) is 4.90 Å². The first-order chi connectivity index (χ1) is 30.7. The fourth-order valence-electron chi connectivity index (χ4n) is 8.30. The number of benzene rings is 9. The zero-order chi connectivity index (χ0) is 41.2. The first-order valence-electron chi connectivity index (χ1n) is 20.9. The number of rotatable bonds is 9. The summed E-state index contributed by atoms with van der Waals surface area (Å²) in [5.74, 6) is 0.633. The number of hydrogen-bond acceptors (Lipinski definition) is 4. The van der Waals surface area contributed by atoms with Crippen molar-refractivity contribution in [2.45, 2.75) is 0 Å². The van der Waals surface area contributed by atoms with Gasteiger partial charge in [0, 0.05) is 44.5 Å². The van der Waals surface area contributed by atoms with Crippen LogP contribution >= 0.6 is 0 Å². The molecule has 0 unspecified atom stereocenters. The summed E-state index contributed by atoms with van der Waals surface area (Å²) in [4.78, 5) is 12.7. The Hall–Kier alpha value is -8.34. The summed E-state index contributed by atoms with van der Waals surface area (Å²) in [6, 6.07) is 82.7. The molecule has 9 aromatic carbocycles. The lowest BCUT2D eigenvalue weighted by molar-refractivity contribution is 0.669. The minimum absolute atomic E-state index is 0.633. The number of hydrogen-bond donors (Lipinski definition) is 0. The van der Waals surface area contributed by atoms with Gasteiger partial charge in [-0.05, 0) is 94.0 Å². The Labute approximate surface area is 360 Å². The molecule has 11 aromatic rings. The van der Waals surface area contributed by atoms with Crippen molar-refractivity contribution < 1.29 is 4.42 Å². The summed E-state index contributed by atoms with van der Waals surface area (Å²) in [7, 11) is 0. The molecular weight excluding hydrogens is 755 g/mol. The molecule has 0 spiro atoms. The Morgan fingerprint density at radius 2 is 0.677 bits per heavy atom. The van der Waals surface area contributed by atoms with E-state index in [1.54, 1.807) is 0 Å². The standard InChI is InChI=1S/C58H39N3O/c1-5-13-40(14-6-1)43-21-25-46(26-22-43)54-39-55(47-27-23-44(24-28-47)41-15-7-2-8-16-41)60-58(59-54)48-31-35-52-53-38-51(34-36-56(53)62-57(52)37-48)61(49-19-11-4-12-20-49)50-32-29-45(30-33-50)42-17-9-3-10-18-42/h1-39H. The van der Waals surface area contributed by atoms with Gasteiger partial charge >= 0.3 is 0 Å². The average Bonchev–Trinajstić information content (AvgIpc) is 3.73. The zero-order valence-corrected chi connectivity index (χ0v) is 33.8. The minimum Gasteiger partial charge on any atom is -0.456 e. The molecule has 0 fully saturated rings. The molecule has 292 valence electrons. The summed E-state index contributed by atoms with van der Waals surface area (Å²) < 4.78 is 6.59. The van der Waals surface area contributed by atoms with E-state index in [9.17, 15) is 0 Å². The molecular formula is C58H39N3O. The van der Waals surface area contributed by atoms with Crippen molar-refractivity contribution in [3.8, 4) is 67.3 Å². The SMILES string of the molecule is c1ccc(-c2ccc(-c3cc(-c4ccc(-c5ccccc5)cc4)nc(-c4ccc5c(c4)oc4ccc(N(c6ccccc6)c6ccc(-c7ccccc7)cc6)cc45)n3)cc2)cc1. The van der Waals surface area contributed by atoms with Crippen molar-refractivity contribution >= 4 is 39.0 Å². The van der Waals surface area contributed by atoms with Crippen LogP contribution in [0.4, 0.5) is 17.1 Å². The van der Waals surface area contributed by atoms with E-state index in [-0.39, 0.29) is 0 Å².